The number of rotatable bonds is 3. The van der Waals surface area contributed by atoms with Crippen LogP contribution in [0.15, 0.2) is 117 Å². The largest absolute Gasteiger partial charge is 0.279 e. The van der Waals surface area contributed by atoms with Crippen molar-refractivity contribution in [1.29, 1.82) is 0 Å². The van der Waals surface area contributed by atoms with Gasteiger partial charge >= 0.3 is 0 Å². The fraction of sp³-hybridized carbons (Fsp3) is 0.0714. The smallest absolute Gasteiger partial charge is 0.232 e. The van der Waals surface area contributed by atoms with Crippen molar-refractivity contribution >= 4 is 58.1 Å². The lowest BCUT2D eigenvalue weighted by Crippen LogP contribution is -2.32. The Morgan fingerprint density at radius 3 is 1.03 bits per heavy atom. The van der Waals surface area contributed by atoms with Crippen LogP contribution in [0.1, 0.15) is 12.8 Å². The molecule has 0 spiro atoms. The summed E-state index contributed by atoms with van der Waals surface area (Å²) in [5.74, 6) is -0.164. The van der Waals surface area contributed by atoms with E-state index in [4.69, 9.17) is 0 Å². The quantitative estimate of drug-likeness (QED) is 0.306. The number of nitrogens with zero attached hydrogens (tertiary/aromatic N) is 2. The molecule has 6 heteroatoms. The second kappa shape index (κ2) is 8.70. The molecule has 2 amide bonds. The highest BCUT2D eigenvalue weighted by atomic mass is 32.2. The maximum atomic E-state index is 13.5. The van der Waals surface area contributed by atoms with Crippen LogP contribution in [0.5, 0.6) is 0 Å². The minimum atomic E-state index is -0.0819. The maximum absolute atomic E-state index is 13.5. The second-order valence-electron chi connectivity index (χ2n) is 8.03. The van der Waals surface area contributed by atoms with Gasteiger partial charge in [0.15, 0.2) is 0 Å². The molecule has 34 heavy (non-hydrogen) atoms. The Bertz CT molecular complexity index is 1240. The first-order chi connectivity index (χ1) is 16.7. The first kappa shape index (κ1) is 21.1. The number of para-hydroxylation sites is 4. The van der Waals surface area contributed by atoms with Crippen LogP contribution in [0.2, 0.25) is 0 Å². The van der Waals surface area contributed by atoms with Crippen molar-refractivity contribution in [3.63, 3.8) is 0 Å². The molecule has 0 atom stereocenters. The van der Waals surface area contributed by atoms with Gasteiger partial charge in [-0.2, -0.15) is 0 Å². The van der Waals surface area contributed by atoms with E-state index < -0.39 is 0 Å². The zero-order valence-corrected chi connectivity index (χ0v) is 19.8. The normalized spacial score (nSPS) is 13.4. The number of hydrogen-bond donors (Lipinski definition) is 0. The number of fused-ring (bicyclic) bond motifs is 4. The predicted molar refractivity (Wildman–Crippen MR) is 138 cm³/mol. The average Bonchev–Trinajstić information content (AvgIpc) is 2.88. The van der Waals surface area contributed by atoms with E-state index in [9.17, 15) is 9.59 Å². The summed E-state index contributed by atoms with van der Waals surface area (Å²) in [6, 6.07) is 31.7. The Morgan fingerprint density at radius 2 is 0.735 bits per heavy atom. The molecule has 4 nitrogen and oxygen atoms in total. The molecule has 2 aliphatic rings. The molecule has 4 aromatic rings. The Kier molecular flexibility index (Phi) is 5.40. The van der Waals surface area contributed by atoms with Gasteiger partial charge in [-0.3, -0.25) is 19.4 Å². The van der Waals surface area contributed by atoms with Crippen LogP contribution in [-0.2, 0) is 9.59 Å². The lowest BCUT2D eigenvalue weighted by molar-refractivity contribution is -0.123. The van der Waals surface area contributed by atoms with E-state index in [0.717, 1.165) is 42.3 Å². The van der Waals surface area contributed by atoms with E-state index in [0.29, 0.717) is 0 Å². The van der Waals surface area contributed by atoms with Gasteiger partial charge in [0.25, 0.3) is 0 Å². The van der Waals surface area contributed by atoms with Crippen LogP contribution >= 0.6 is 23.5 Å². The van der Waals surface area contributed by atoms with Gasteiger partial charge in [-0.05, 0) is 48.5 Å². The third-order valence-electron chi connectivity index (χ3n) is 5.92. The molecule has 2 aliphatic heterocycles. The molecular formula is C28H20N2O2S2. The van der Waals surface area contributed by atoms with Gasteiger partial charge in [-0.1, -0.05) is 72.1 Å². The minimum absolute atomic E-state index is 0.0819. The van der Waals surface area contributed by atoms with Crippen molar-refractivity contribution < 1.29 is 9.59 Å². The van der Waals surface area contributed by atoms with Crippen LogP contribution in [0, 0.1) is 0 Å². The Balaban J connectivity index is 1.29. The third kappa shape index (κ3) is 3.59. The van der Waals surface area contributed by atoms with Gasteiger partial charge < -0.3 is 0 Å². The molecule has 4 aromatic carbocycles. The summed E-state index contributed by atoms with van der Waals surface area (Å²) in [6.45, 7) is 0. The fourth-order valence-corrected chi connectivity index (χ4v) is 6.50. The summed E-state index contributed by atoms with van der Waals surface area (Å²) in [4.78, 5) is 34.8. The summed E-state index contributed by atoms with van der Waals surface area (Å²) >= 11 is 3.33. The van der Waals surface area contributed by atoms with Gasteiger partial charge in [0.1, 0.15) is 0 Å². The molecule has 0 aliphatic carbocycles. The first-order valence-electron chi connectivity index (χ1n) is 11.1. The SMILES string of the molecule is O=C(CCC(=O)N1c2ccccc2Sc2ccccc21)N1c2ccccc2Sc2ccccc21. The van der Waals surface area contributed by atoms with Crippen molar-refractivity contribution in [3.8, 4) is 0 Å². The van der Waals surface area contributed by atoms with E-state index in [1.807, 2.05) is 97.1 Å². The van der Waals surface area contributed by atoms with Crippen LogP contribution in [0.3, 0.4) is 0 Å². The van der Waals surface area contributed by atoms with Crippen molar-refractivity contribution in [1.82, 2.24) is 0 Å². The summed E-state index contributed by atoms with van der Waals surface area (Å²) < 4.78 is 0. The van der Waals surface area contributed by atoms with Crippen molar-refractivity contribution in [2.45, 2.75) is 32.4 Å². The lowest BCUT2D eigenvalue weighted by Gasteiger charge is -2.32. The fourth-order valence-electron chi connectivity index (χ4n) is 4.38. The van der Waals surface area contributed by atoms with Gasteiger partial charge in [0, 0.05) is 32.4 Å². The van der Waals surface area contributed by atoms with Crippen molar-refractivity contribution in [3.05, 3.63) is 97.1 Å². The molecular weight excluding hydrogens is 460 g/mol. The summed E-state index contributed by atoms with van der Waals surface area (Å²) in [6.07, 6.45) is 0.250. The predicted octanol–water partition coefficient (Wildman–Crippen LogP) is 7.43. The first-order valence-corrected chi connectivity index (χ1v) is 12.7. The van der Waals surface area contributed by atoms with Crippen LogP contribution < -0.4 is 9.80 Å². The number of carbonyl (C=O) groups is 2. The molecule has 0 radical (unpaired) electrons. The lowest BCUT2D eigenvalue weighted by atomic mass is 10.1. The van der Waals surface area contributed by atoms with E-state index in [-0.39, 0.29) is 24.7 Å². The molecule has 0 aromatic heterocycles. The van der Waals surface area contributed by atoms with E-state index in [1.54, 1.807) is 33.3 Å². The highest BCUT2D eigenvalue weighted by Crippen LogP contribution is 2.49. The molecule has 0 N–H and O–H groups in total. The zero-order chi connectivity index (χ0) is 23.1. The van der Waals surface area contributed by atoms with Crippen LogP contribution in [0.25, 0.3) is 0 Å². The van der Waals surface area contributed by atoms with Crippen molar-refractivity contribution in [2.24, 2.45) is 0 Å². The number of anilines is 4. The maximum Gasteiger partial charge on any atom is 0.232 e. The molecule has 166 valence electrons. The van der Waals surface area contributed by atoms with Gasteiger partial charge in [-0.25, -0.2) is 0 Å². The highest BCUT2D eigenvalue weighted by Gasteiger charge is 2.31. The van der Waals surface area contributed by atoms with E-state index in [1.165, 1.54) is 0 Å². The number of hydrogen-bond acceptors (Lipinski definition) is 4. The Hall–Kier alpha value is -3.48. The number of carbonyl (C=O) groups excluding carboxylic acids is 2. The summed E-state index contributed by atoms with van der Waals surface area (Å²) in [5.41, 5.74) is 3.48. The molecule has 0 saturated carbocycles. The molecule has 0 fully saturated rings. The van der Waals surface area contributed by atoms with Gasteiger partial charge in [-0.15, -0.1) is 0 Å². The molecule has 2 heterocycles. The Labute approximate surface area is 206 Å². The highest BCUT2D eigenvalue weighted by molar-refractivity contribution is 8.00. The topological polar surface area (TPSA) is 40.6 Å². The molecule has 0 bridgehead atoms. The van der Waals surface area contributed by atoms with E-state index >= 15 is 0 Å². The monoisotopic (exact) mass is 480 g/mol. The number of amides is 2. The molecule has 0 saturated heterocycles. The zero-order valence-electron chi connectivity index (χ0n) is 18.2. The summed E-state index contributed by atoms with van der Waals surface area (Å²) in [7, 11) is 0. The standard InChI is InChI=1S/C28H20N2O2S2/c31-27(29-19-9-1-5-13-23(19)33-24-14-6-2-10-20(24)29)17-18-28(32)30-21-11-3-7-15-25(21)34-26-16-8-4-12-22(26)30/h1-16H,17-18H2. The van der Waals surface area contributed by atoms with Gasteiger partial charge in [0.05, 0.1) is 22.7 Å². The van der Waals surface area contributed by atoms with Crippen LogP contribution in [-0.4, -0.2) is 11.8 Å². The molecule has 6 rings (SSSR count). The summed E-state index contributed by atoms with van der Waals surface area (Å²) in [5, 5.41) is 0. The molecule has 0 unspecified atom stereocenters. The second-order valence-corrected chi connectivity index (χ2v) is 10.2. The number of benzene rings is 4. The average molecular weight is 481 g/mol. The Morgan fingerprint density at radius 1 is 0.471 bits per heavy atom. The van der Waals surface area contributed by atoms with E-state index in [2.05, 4.69) is 0 Å². The van der Waals surface area contributed by atoms with Crippen molar-refractivity contribution in [2.75, 3.05) is 9.80 Å². The van der Waals surface area contributed by atoms with Gasteiger partial charge in [0.2, 0.25) is 11.8 Å². The third-order valence-corrected chi connectivity index (χ3v) is 8.18. The van der Waals surface area contributed by atoms with Crippen LogP contribution in [0.4, 0.5) is 22.7 Å². The minimum Gasteiger partial charge on any atom is -0.279 e.